The molecule has 1 aromatic carbocycles. The van der Waals surface area contributed by atoms with E-state index in [9.17, 15) is 13.2 Å². The van der Waals surface area contributed by atoms with Gasteiger partial charge in [-0.15, -0.1) is 0 Å². The van der Waals surface area contributed by atoms with Gasteiger partial charge >= 0.3 is 6.61 Å². The van der Waals surface area contributed by atoms with Gasteiger partial charge in [-0.2, -0.15) is 8.78 Å². The molecule has 1 fully saturated rings. The summed E-state index contributed by atoms with van der Waals surface area (Å²) in [5.41, 5.74) is 6.64. The molecule has 118 valence electrons. The molecule has 0 radical (unpaired) electrons. The molecule has 4 nitrogen and oxygen atoms in total. The normalized spacial score (nSPS) is 18.8. The van der Waals surface area contributed by atoms with Gasteiger partial charge in [-0.1, -0.05) is 0 Å². The third-order valence-electron chi connectivity index (χ3n) is 3.56. The van der Waals surface area contributed by atoms with E-state index >= 15 is 0 Å². The molecule has 1 aromatic rings. The van der Waals surface area contributed by atoms with E-state index in [1.54, 1.807) is 0 Å². The van der Waals surface area contributed by atoms with Crippen LogP contribution >= 0.6 is 0 Å². The second-order valence-electron chi connectivity index (χ2n) is 5.47. The maximum atomic E-state index is 13.6. The summed E-state index contributed by atoms with van der Waals surface area (Å²) in [6, 6.07) is 2.54. The number of likely N-dealkylation sites (N-methyl/N-ethyl adjacent to an activating group) is 1. The molecule has 1 unspecified atom stereocenters. The molecule has 0 spiro atoms. The number of hydrogen-bond donors (Lipinski definition) is 1. The first-order valence-electron chi connectivity index (χ1n) is 6.83. The lowest BCUT2D eigenvalue weighted by atomic mass is 10.1. The lowest BCUT2D eigenvalue weighted by Gasteiger charge is -2.30. The van der Waals surface area contributed by atoms with E-state index in [1.165, 1.54) is 6.07 Å². The zero-order valence-electron chi connectivity index (χ0n) is 12.2. The highest BCUT2D eigenvalue weighted by Gasteiger charge is 2.27. The average molecular weight is 303 g/mol. The van der Waals surface area contributed by atoms with Crippen LogP contribution in [0.15, 0.2) is 12.1 Å². The first-order valence-corrected chi connectivity index (χ1v) is 6.83. The molecule has 0 bridgehead atoms. The van der Waals surface area contributed by atoms with Gasteiger partial charge in [-0.05, 0) is 26.9 Å². The van der Waals surface area contributed by atoms with Gasteiger partial charge in [-0.25, -0.2) is 4.39 Å². The van der Waals surface area contributed by atoms with Crippen LogP contribution in [-0.2, 0) is 0 Å². The average Bonchev–Trinajstić information content (AvgIpc) is 2.79. The fraction of sp³-hybridized carbons (Fsp3) is 0.571. The number of nitrogens with two attached hydrogens (primary N) is 1. The first kappa shape index (κ1) is 15.8. The summed E-state index contributed by atoms with van der Waals surface area (Å²) in [5, 5.41) is 0. The maximum absolute atomic E-state index is 13.6. The van der Waals surface area contributed by atoms with Crippen LogP contribution in [0, 0.1) is 5.82 Å². The molecule has 1 saturated heterocycles. The van der Waals surface area contributed by atoms with E-state index in [0.717, 1.165) is 32.0 Å². The molecule has 1 aliphatic rings. The second-order valence-corrected chi connectivity index (χ2v) is 5.47. The minimum absolute atomic E-state index is 0.229. The number of nitrogen functional groups attached to an aromatic ring is 1. The van der Waals surface area contributed by atoms with Gasteiger partial charge in [0, 0.05) is 31.3 Å². The Kier molecular flexibility index (Phi) is 4.82. The van der Waals surface area contributed by atoms with E-state index in [-0.39, 0.29) is 11.7 Å². The summed E-state index contributed by atoms with van der Waals surface area (Å²) in [6.07, 6.45) is 1.97. The van der Waals surface area contributed by atoms with Crippen molar-refractivity contribution in [1.82, 2.24) is 4.90 Å². The van der Waals surface area contributed by atoms with Crippen LogP contribution in [0.2, 0.25) is 0 Å². The van der Waals surface area contributed by atoms with Crippen LogP contribution in [-0.4, -0.2) is 44.7 Å². The SMILES string of the molecule is CN(C)CC1CCCN1c1cc(OC(F)F)c(F)cc1N. The highest BCUT2D eigenvalue weighted by atomic mass is 19.3. The number of ether oxygens (including phenoxy) is 1. The molecule has 2 N–H and O–H groups in total. The van der Waals surface area contributed by atoms with Crippen molar-refractivity contribution in [3.8, 4) is 5.75 Å². The van der Waals surface area contributed by atoms with E-state index in [1.807, 2.05) is 19.0 Å². The number of rotatable bonds is 5. The lowest BCUT2D eigenvalue weighted by Crippen LogP contribution is -2.37. The van der Waals surface area contributed by atoms with Gasteiger partial charge in [-0.3, -0.25) is 0 Å². The highest BCUT2D eigenvalue weighted by molar-refractivity contribution is 5.71. The third kappa shape index (κ3) is 3.72. The Bertz CT molecular complexity index is 497. The summed E-state index contributed by atoms with van der Waals surface area (Å²) in [6.45, 7) is -1.48. The molecule has 1 heterocycles. The molecule has 7 heteroatoms. The van der Waals surface area contributed by atoms with Gasteiger partial charge in [0.2, 0.25) is 0 Å². The van der Waals surface area contributed by atoms with Crippen LogP contribution in [0.4, 0.5) is 24.5 Å². The van der Waals surface area contributed by atoms with Crippen molar-refractivity contribution >= 4 is 11.4 Å². The van der Waals surface area contributed by atoms with Crippen molar-refractivity contribution in [2.24, 2.45) is 0 Å². The molecule has 1 atom stereocenters. The molecule has 0 amide bonds. The Hall–Kier alpha value is -1.63. The minimum Gasteiger partial charge on any atom is -0.432 e. The van der Waals surface area contributed by atoms with Crippen LogP contribution in [0.3, 0.4) is 0 Å². The number of anilines is 2. The van der Waals surface area contributed by atoms with E-state index in [4.69, 9.17) is 5.73 Å². The summed E-state index contributed by atoms with van der Waals surface area (Å²) < 4.78 is 42.5. The van der Waals surface area contributed by atoms with Crippen LogP contribution < -0.4 is 15.4 Å². The van der Waals surface area contributed by atoms with Gasteiger partial charge < -0.3 is 20.3 Å². The molecule has 21 heavy (non-hydrogen) atoms. The smallest absolute Gasteiger partial charge is 0.387 e. The predicted octanol–water partition coefficient (Wildman–Crippen LogP) is 2.54. The zero-order chi connectivity index (χ0) is 15.6. The van der Waals surface area contributed by atoms with Gasteiger partial charge in [0.15, 0.2) is 11.6 Å². The Morgan fingerprint density at radius 1 is 1.43 bits per heavy atom. The quantitative estimate of drug-likeness (QED) is 0.849. The van der Waals surface area contributed by atoms with Gasteiger partial charge in [0.05, 0.1) is 11.4 Å². The van der Waals surface area contributed by atoms with Crippen molar-refractivity contribution in [2.75, 3.05) is 37.8 Å². The minimum atomic E-state index is -3.06. The van der Waals surface area contributed by atoms with Crippen molar-refractivity contribution in [3.63, 3.8) is 0 Å². The molecular formula is C14H20F3N3O. The number of benzene rings is 1. The second kappa shape index (κ2) is 6.43. The molecule has 2 rings (SSSR count). The molecule has 0 aliphatic carbocycles. The largest absolute Gasteiger partial charge is 0.432 e. The molecular weight excluding hydrogens is 283 g/mol. The third-order valence-corrected chi connectivity index (χ3v) is 3.56. The topological polar surface area (TPSA) is 41.7 Å². The summed E-state index contributed by atoms with van der Waals surface area (Å²) in [5.74, 6) is -1.34. The number of halogens is 3. The monoisotopic (exact) mass is 303 g/mol. The Labute approximate surface area is 122 Å². The number of alkyl halides is 2. The Balaban J connectivity index is 2.29. The van der Waals surface area contributed by atoms with Gasteiger partial charge in [0.1, 0.15) is 0 Å². The molecule has 1 aliphatic heterocycles. The standard InChI is InChI=1S/C14H20F3N3O/c1-19(2)8-9-4-3-5-20(9)12-7-13(21-14(16)17)10(15)6-11(12)18/h6-7,9,14H,3-5,8,18H2,1-2H3. The predicted molar refractivity (Wildman–Crippen MR) is 76.4 cm³/mol. The number of hydrogen-bond acceptors (Lipinski definition) is 4. The van der Waals surface area contributed by atoms with Crippen LogP contribution in [0.25, 0.3) is 0 Å². The van der Waals surface area contributed by atoms with Crippen LogP contribution in [0.1, 0.15) is 12.8 Å². The molecule has 0 aromatic heterocycles. The van der Waals surface area contributed by atoms with Crippen molar-refractivity contribution in [1.29, 1.82) is 0 Å². The molecule has 0 saturated carbocycles. The fourth-order valence-corrected chi connectivity index (χ4v) is 2.76. The Morgan fingerprint density at radius 3 is 2.76 bits per heavy atom. The fourth-order valence-electron chi connectivity index (χ4n) is 2.76. The van der Waals surface area contributed by atoms with Gasteiger partial charge in [0.25, 0.3) is 0 Å². The van der Waals surface area contributed by atoms with Crippen molar-refractivity contribution in [3.05, 3.63) is 17.9 Å². The highest BCUT2D eigenvalue weighted by Crippen LogP contribution is 2.35. The summed E-state index contributed by atoms with van der Waals surface area (Å²) in [7, 11) is 3.94. The van der Waals surface area contributed by atoms with E-state index in [0.29, 0.717) is 5.69 Å². The summed E-state index contributed by atoms with van der Waals surface area (Å²) >= 11 is 0. The van der Waals surface area contributed by atoms with Crippen molar-refractivity contribution in [2.45, 2.75) is 25.5 Å². The maximum Gasteiger partial charge on any atom is 0.387 e. The number of nitrogens with zero attached hydrogens (tertiary/aromatic N) is 2. The van der Waals surface area contributed by atoms with Crippen molar-refractivity contribution < 1.29 is 17.9 Å². The first-order chi connectivity index (χ1) is 9.88. The van der Waals surface area contributed by atoms with Crippen LogP contribution in [0.5, 0.6) is 5.75 Å². The zero-order valence-corrected chi connectivity index (χ0v) is 12.2. The van der Waals surface area contributed by atoms with E-state index in [2.05, 4.69) is 9.64 Å². The van der Waals surface area contributed by atoms with E-state index < -0.39 is 18.2 Å². The lowest BCUT2D eigenvalue weighted by molar-refractivity contribution is -0.0521. The Morgan fingerprint density at radius 2 is 2.14 bits per heavy atom. The summed E-state index contributed by atoms with van der Waals surface area (Å²) in [4.78, 5) is 4.09.